The van der Waals surface area contributed by atoms with E-state index in [9.17, 15) is 9.18 Å². The van der Waals surface area contributed by atoms with Crippen LogP contribution >= 0.6 is 11.6 Å². The molecule has 0 bridgehead atoms. The number of aryl methyl sites for hydroxylation is 1. The molecule has 1 aromatic heterocycles. The normalized spacial score (nSPS) is 12.6. The molecule has 3 aromatic rings. The van der Waals surface area contributed by atoms with Crippen molar-refractivity contribution in [2.24, 2.45) is 0 Å². The van der Waals surface area contributed by atoms with Gasteiger partial charge in [0.2, 0.25) is 0 Å². The summed E-state index contributed by atoms with van der Waals surface area (Å²) in [4.78, 5) is 16.5. The number of halogens is 2. The SMILES string of the molecule is CCOC(=O)Cc1ccc(Cc2cc(-c3ccc(F)c(Cl)c3)nc3c2CCC3)cc1. The molecule has 1 heterocycles. The lowest BCUT2D eigenvalue weighted by atomic mass is 9.96. The second-order valence-electron chi connectivity index (χ2n) is 7.55. The Balaban J connectivity index is 1.60. The van der Waals surface area contributed by atoms with Crippen molar-refractivity contribution in [3.63, 3.8) is 0 Å². The van der Waals surface area contributed by atoms with Crippen LogP contribution in [0.4, 0.5) is 4.39 Å². The average molecular weight is 424 g/mol. The summed E-state index contributed by atoms with van der Waals surface area (Å²) in [6, 6.07) is 14.9. The van der Waals surface area contributed by atoms with Gasteiger partial charge in [0.1, 0.15) is 5.82 Å². The topological polar surface area (TPSA) is 39.2 Å². The number of esters is 1. The Hall–Kier alpha value is -2.72. The van der Waals surface area contributed by atoms with E-state index < -0.39 is 5.82 Å². The minimum atomic E-state index is -0.426. The Morgan fingerprint density at radius 3 is 2.60 bits per heavy atom. The van der Waals surface area contributed by atoms with Crippen LogP contribution in [-0.4, -0.2) is 17.6 Å². The molecule has 0 unspecified atom stereocenters. The van der Waals surface area contributed by atoms with Gasteiger partial charge in [-0.2, -0.15) is 0 Å². The minimum absolute atomic E-state index is 0.105. The van der Waals surface area contributed by atoms with E-state index >= 15 is 0 Å². The first-order chi connectivity index (χ1) is 14.5. The number of ether oxygens (including phenoxy) is 1. The average Bonchev–Trinajstić information content (AvgIpc) is 3.21. The summed E-state index contributed by atoms with van der Waals surface area (Å²) >= 11 is 5.99. The van der Waals surface area contributed by atoms with Crippen molar-refractivity contribution in [3.05, 3.63) is 87.3 Å². The number of fused-ring (bicyclic) bond motifs is 1. The van der Waals surface area contributed by atoms with Gasteiger partial charge in [0, 0.05) is 11.3 Å². The van der Waals surface area contributed by atoms with Crippen molar-refractivity contribution in [3.8, 4) is 11.3 Å². The third kappa shape index (κ3) is 4.54. The summed E-state index contributed by atoms with van der Waals surface area (Å²) in [6.45, 7) is 2.20. The van der Waals surface area contributed by atoms with Crippen LogP contribution in [0, 0.1) is 5.82 Å². The third-order valence-corrected chi connectivity index (χ3v) is 5.72. The number of benzene rings is 2. The summed E-state index contributed by atoms with van der Waals surface area (Å²) in [5.41, 5.74) is 7.45. The van der Waals surface area contributed by atoms with Crippen LogP contribution in [-0.2, 0) is 35.2 Å². The molecule has 0 N–H and O–H groups in total. The highest BCUT2D eigenvalue weighted by Gasteiger charge is 2.19. The number of aromatic nitrogens is 1. The third-order valence-electron chi connectivity index (χ3n) is 5.43. The molecule has 4 rings (SSSR count). The molecular formula is C25H23ClFNO2. The number of hydrogen-bond donors (Lipinski definition) is 0. The molecule has 1 aliphatic carbocycles. The Kier molecular flexibility index (Phi) is 6.14. The summed E-state index contributed by atoms with van der Waals surface area (Å²) in [6.07, 6.45) is 4.16. The van der Waals surface area contributed by atoms with E-state index in [0.29, 0.717) is 6.61 Å². The molecule has 0 aliphatic heterocycles. The zero-order valence-electron chi connectivity index (χ0n) is 16.9. The largest absolute Gasteiger partial charge is 0.466 e. The van der Waals surface area contributed by atoms with Crippen LogP contribution in [0.25, 0.3) is 11.3 Å². The van der Waals surface area contributed by atoms with Gasteiger partial charge in [0.15, 0.2) is 0 Å². The number of hydrogen-bond acceptors (Lipinski definition) is 3. The van der Waals surface area contributed by atoms with Crippen LogP contribution in [0.5, 0.6) is 0 Å². The predicted molar refractivity (Wildman–Crippen MR) is 116 cm³/mol. The lowest BCUT2D eigenvalue weighted by molar-refractivity contribution is -0.142. The Bertz CT molecular complexity index is 1080. The van der Waals surface area contributed by atoms with Crippen molar-refractivity contribution < 1.29 is 13.9 Å². The van der Waals surface area contributed by atoms with Gasteiger partial charge in [-0.05, 0) is 79.1 Å². The maximum atomic E-state index is 13.6. The Morgan fingerprint density at radius 2 is 1.87 bits per heavy atom. The van der Waals surface area contributed by atoms with Crippen molar-refractivity contribution in [1.82, 2.24) is 4.98 Å². The maximum Gasteiger partial charge on any atom is 0.310 e. The molecule has 154 valence electrons. The molecule has 0 saturated carbocycles. The fourth-order valence-corrected chi connectivity index (χ4v) is 4.14. The fourth-order valence-electron chi connectivity index (χ4n) is 3.96. The van der Waals surface area contributed by atoms with Gasteiger partial charge in [-0.1, -0.05) is 35.9 Å². The molecule has 0 saturated heterocycles. The van der Waals surface area contributed by atoms with E-state index in [1.54, 1.807) is 12.1 Å². The van der Waals surface area contributed by atoms with Crippen molar-refractivity contribution in [2.45, 2.75) is 39.0 Å². The van der Waals surface area contributed by atoms with E-state index in [2.05, 4.69) is 18.2 Å². The molecule has 1 aliphatic rings. The molecule has 0 spiro atoms. The standard InChI is InChI=1S/C25H23ClFNO2/c1-2-30-25(29)13-17-8-6-16(7-9-17)12-19-15-24(28-23-5-3-4-20(19)23)18-10-11-22(27)21(26)14-18/h6-11,14-15H,2-5,12-13H2,1H3. The molecule has 0 atom stereocenters. The second-order valence-corrected chi connectivity index (χ2v) is 7.96. The second kappa shape index (κ2) is 8.97. The highest BCUT2D eigenvalue weighted by molar-refractivity contribution is 6.31. The van der Waals surface area contributed by atoms with Crippen LogP contribution < -0.4 is 0 Å². The van der Waals surface area contributed by atoms with Crippen LogP contribution in [0.1, 0.15) is 41.3 Å². The van der Waals surface area contributed by atoms with Crippen molar-refractivity contribution in [2.75, 3.05) is 6.61 Å². The van der Waals surface area contributed by atoms with E-state index in [4.69, 9.17) is 21.3 Å². The van der Waals surface area contributed by atoms with Crippen LogP contribution in [0.15, 0.2) is 48.5 Å². The molecule has 0 fully saturated rings. The molecule has 0 radical (unpaired) electrons. The summed E-state index contributed by atoms with van der Waals surface area (Å²) < 4.78 is 18.6. The predicted octanol–water partition coefficient (Wildman–Crippen LogP) is 5.73. The number of carbonyl (C=O) groups excluding carboxylic acids is 1. The van der Waals surface area contributed by atoms with Gasteiger partial charge in [-0.15, -0.1) is 0 Å². The van der Waals surface area contributed by atoms with Crippen molar-refractivity contribution >= 4 is 17.6 Å². The quantitative estimate of drug-likeness (QED) is 0.475. The smallest absolute Gasteiger partial charge is 0.310 e. The molecule has 3 nitrogen and oxygen atoms in total. The summed E-state index contributed by atoms with van der Waals surface area (Å²) in [5.74, 6) is -0.635. The number of rotatable bonds is 6. The van der Waals surface area contributed by atoms with Gasteiger partial charge in [0.05, 0.1) is 23.7 Å². The number of pyridine rings is 1. The molecule has 0 amide bonds. The molecule has 5 heteroatoms. The summed E-state index contributed by atoms with van der Waals surface area (Å²) in [5, 5.41) is 0.105. The first-order valence-electron chi connectivity index (χ1n) is 10.2. The zero-order valence-corrected chi connectivity index (χ0v) is 17.6. The van der Waals surface area contributed by atoms with Gasteiger partial charge in [0.25, 0.3) is 0 Å². The first kappa shape index (κ1) is 20.5. The maximum absolute atomic E-state index is 13.6. The fraction of sp³-hybridized carbons (Fsp3) is 0.280. The van der Waals surface area contributed by atoms with E-state index in [-0.39, 0.29) is 17.4 Å². The monoisotopic (exact) mass is 423 g/mol. The van der Waals surface area contributed by atoms with Crippen LogP contribution in [0.2, 0.25) is 5.02 Å². The molecular weight excluding hydrogens is 401 g/mol. The zero-order chi connectivity index (χ0) is 21.1. The lowest BCUT2D eigenvalue weighted by Gasteiger charge is -2.12. The minimum Gasteiger partial charge on any atom is -0.466 e. The van der Waals surface area contributed by atoms with Gasteiger partial charge in [-0.3, -0.25) is 9.78 Å². The van der Waals surface area contributed by atoms with Crippen LogP contribution in [0.3, 0.4) is 0 Å². The van der Waals surface area contributed by atoms with Gasteiger partial charge in [-0.25, -0.2) is 4.39 Å². The van der Waals surface area contributed by atoms with Crippen molar-refractivity contribution in [1.29, 1.82) is 0 Å². The highest BCUT2D eigenvalue weighted by Crippen LogP contribution is 2.31. The van der Waals surface area contributed by atoms with Gasteiger partial charge < -0.3 is 4.74 Å². The Labute approximate surface area is 180 Å². The van der Waals surface area contributed by atoms with Gasteiger partial charge >= 0.3 is 5.97 Å². The summed E-state index contributed by atoms with van der Waals surface area (Å²) in [7, 11) is 0. The molecule has 2 aromatic carbocycles. The van der Waals surface area contributed by atoms with E-state index in [1.165, 1.54) is 22.8 Å². The molecule has 30 heavy (non-hydrogen) atoms. The first-order valence-corrected chi connectivity index (χ1v) is 10.6. The Morgan fingerprint density at radius 1 is 1.10 bits per heavy atom. The van der Waals surface area contributed by atoms with E-state index in [0.717, 1.165) is 48.2 Å². The highest BCUT2D eigenvalue weighted by atomic mass is 35.5. The number of nitrogens with zero attached hydrogens (tertiary/aromatic N) is 1. The van der Waals surface area contributed by atoms with E-state index in [1.807, 2.05) is 19.1 Å². The number of carbonyl (C=O) groups is 1. The lowest BCUT2D eigenvalue weighted by Crippen LogP contribution is -2.07.